The fraction of sp³-hybridized carbons (Fsp3) is 0.647. The highest BCUT2D eigenvalue weighted by molar-refractivity contribution is 6.30. The van der Waals surface area contributed by atoms with Crippen LogP contribution in [0.2, 0.25) is 5.02 Å². The van der Waals surface area contributed by atoms with Crippen LogP contribution in [0.4, 0.5) is 0 Å². The van der Waals surface area contributed by atoms with Gasteiger partial charge in [-0.1, -0.05) is 37.6 Å². The van der Waals surface area contributed by atoms with Gasteiger partial charge in [0.25, 0.3) is 0 Å². The minimum Gasteiger partial charge on any atom is -0.311 e. The van der Waals surface area contributed by atoms with E-state index in [0.717, 1.165) is 23.0 Å². The molecular formula is C17H24ClN. The minimum atomic E-state index is 0.553. The van der Waals surface area contributed by atoms with Gasteiger partial charge in [-0.25, -0.2) is 0 Å². The molecule has 0 amide bonds. The van der Waals surface area contributed by atoms with E-state index in [0.29, 0.717) is 5.41 Å². The van der Waals surface area contributed by atoms with Gasteiger partial charge in [-0.15, -0.1) is 0 Å². The molecule has 1 aromatic carbocycles. The van der Waals surface area contributed by atoms with Crippen LogP contribution in [0.1, 0.15) is 57.4 Å². The zero-order chi connectivity index (χ0) is 13.5. The van der Waals surface area contributed by atoms with Crippen molar-refractivity contribution in [1.29, 1.82) is 0 Å². The molecule has 0 aliphatic heterocycles. The molecule has 104 valence electrons. The maximum absolute atomic E-state index is 5.93. The van der Waals surface area contributed by atoms with E-state index in [1.54, 1.807) is 0 Å². The Bertz CT molecular complexity index is 431. The molecule has 0 spiro atoms. The third-order valence-corrected chi connectivity index (χ3v) is 5.17. The van der Waals surface area contributed by atoms with Gasteiger partial charge in [0.15, 0.2) is 0 Å². The van der Waals surface area contributed by atoms with Gasteiger partial charge < -0.3 is 5.32 Å². The maximum Gasteiger partial charge on any atom is 0.0406 e. The average Bonchev–Trinajstić information content (AvgIpc) is 2.64. The van der Waals surface area contributed by atoms with Crippen molar-refractivity contribution in [3.05, 3.63) is 34.9 Å². The molecule has 2 aliphatic rings. The average molecular weight is 278 g/mol. The van der Waals surface area contributed by atoms with Gasteiger partial charge in [0, 0.05) is 17.1 Å². The van der Waals surface area contributed by atoms with Crippen molar-refractivity contribution in [3.63, 3.8) is 0 Å². The lowest BCUT2D eigenvalue weighted by molar-refractivity contribution is 0.256. The largest absolute Gasteiger partial charge is 0.311 e. The molecule has 2 aliphatic carbocycles. The molecule has 2 fully saturated rings. The van der Waals surface area contributed by atoms with Crippen molar-refractivity contribution in [3.8, 4) is 0 Å². The van der Waals surface area contributed by atoms with Crippen LogP contribution in [0.15, 0.2) is 24.3 Å². The van der Waals surface area contributed by atoms with Gasteiger partial charge in [0.1, 0.15) is 0 Å². The molecule has 19 heavy (non-hydrogen) atoms. The maximum atomic E-state index is 5.93. The number of nitrogens with one attached hydrogen (secondary N) is 1. The van der Waals surface area contributed by atoms with Crippen molar-refractivity contribution < 1.29 is 0 Å². The summed E-state index contributed by atoms with van der Waals surface area (Å²) in [4.78, 5) is 0. The first-order chi connectivity index (χ1) is 9.02. The summed E-state index contributed by atoms with van der Waals surface area (Å²) < 4.78 is 0. The van der Waals surface area contributed by atoms with E-state index in [9.17, 15) is 0 Å². The lowest BCUT2D eigenvalue weighted by atomic mass is 9.75. The summed E-state index contributed by atoms with van der Waals surface area (Å²) in [5.41, 5.74) is 2.01. The molecule has 3 rings (SSSR count). The zero-order valence-electron chi connectivity index (χ0n) is 12.0. The summed E-state index contributed by atoms with van der Waals surface area (Å²) in [5, 5.41) is 4.69. The van der Waals surface area contributed by atoms with Gasteiger partial charge in [-0.05, 0) is 61.1 Å². The van der Waals surface area contributed by atoms with Crippen LogP contribution in [0.3, 0.4) is 0 Å². The zero-order valence-corrected chi connectivity index (χ0v) is 12.7. The third kappa shape index (κ3) is 3.14. The fourth-order valence-corrected chi connectivity index (χ4v) is 3.80. The standard InChI is InChI=1S/C17H24ClN/c1-17(2)8-7-15(11-17)19-16-9-13(10-16)12-3-5-14(18)6-4-12/h3-6,13,15-16,19H,7-11H2,1-2H3. The third-order valence-electron chi connectivity index (χ3n) is 4.92. The van der Waals surface area contributed by atoms with Crippen molar-refractivity contribution in [2.75, 3.05) is 0 Å². The fourth-order valence-electron chi connectivity index (χ4n) is 3.67. The van der Waals surface area contributed by atoms with Crippen molar-refractivity contribution in [2.45, 2.75) is 64.0 Å². The van der Waals surface area contributed by atoms with Crippen LogP contribution in [-0.2, 0) is 0 Å². The van der Waals surface area contributed by atoms with Gasteiger partial charge >= 0.3 is 0 Å². The Kier molecular flexibility index (Phi) is 3.61. The van der Waals surface area contributed by atoms with Crippen LogP contribution >= 0.6 is 11.6 Å². The van der Waals surface area contributed by atoms with Crippen LogP contribution < -0.4 is 5.32 Å². The summed E-state index contributed by atoms with van der Waals surface area (Å²) in [6, 6.07) is 9.88. The Morgan fingerprint density at radius 3 is 2.37 bits per heavy atom. The molecular weight excluding hydrogens is 254 g/mol. The molecule has 1 atom stereocenters. The van der Waals surface area contributed by atoms with E-state index in [1.165, 1.54) is 37.7 Å². The molecule has 0 bridgehead atoms. The first-order valence-electron chi connectivity index (χ1n) is 7.53. The summed E-state index contributed by atoms with van der Waals surface area (Å²) in [5.74, 6) is 0.740. The summed E-state index contributed by atoms with van der Waals surface area (Å²) in [6.45, 7) is 4.79. The molecule has 0 saturated heterocycles. The monoisotopic (exact) mass is 277 g/mol. The highest BCUT2D eigenvalue weighted by atomic mass is 35.5. The predicted molar refractivity (Wildman–Crippen MR) is 81.8 cm³/mol. The quantitative estimate of drug-likeness (QED) is 0.840. The first-order valence-corrected chi connectivity index (χ1v) is 7.91. The lowest BCUT2D eigenvalue weighted by Gasteiger charge is -2.38. The van der Waals surface area contributed by atoms with Gasteiger partial charge in [0.05, 0.1) is 0 Å². The van der Waals surface area contributed by atoms with E-state index >= 15 is 0 Å². The van der Waals surface area contributed by atoms with Crippen molar-refractivity contribution in [1.82, 2.24) is 5.32 Å². The van der Waals surface area contributed by atoms with Crippen LogP contribution in [0.5, 0.6) is 0 Å². The molecule has 1 N–H and O–H groups in total. The van der Waals surface area contributed by atoms with E-state index in [-0.39, 0.29) is 0 Å². The van der Waals surface area contributed by atoms with Crippen LogP contribution in [0.25, 0.3) is 0 Å². The van der Waals surface area contributed by atoms with E-state index in [1.807, 2.05) is 12.1 Å². The Balaban J connectivity index is 1.47. The smallest absolute Gasteiger partial charge is 0.0406 e. The Morgan fingerprint density at radius 1 is 1.11 bits per heavy atom. The van der Waals surface area contributed by atoms with E-state index in [4.69, 9.17) is 11.6 Å². The topological polar surface area (TPSA) is 12.0 Å². The first kappa shape index (κ1) is 13.5. The van der Waals surface area contributed by atoms with Gasteiger partial charge in [-0.3, -0.25) is 0 Å². The highest BCUT2D eigenvalue weighted by Crippen LogP contribution is 2.41. The number of hydrogen-bond acceptors (Lipinski definition) is 1. The van der Waals surface area contributed by atoms with E-state index in [2.05, 4.69) is 31.3 Å². The number of rotatable bonds is 3. The Morgan fingerprint density at radius 2 is 1.79 bits per heavy atom. The Hall–Kier alpha value is -0.530. The number of halogens is 1. The molecule has 0 aromatic heterocycles. The normalized spacial score (nSPS) is 33.1. The Labute approximate surface area is 121 Å². The summed E-state index contributed by atoms with van der Waals surface area (Å²) in [7, 11) is 0. The van der Waals surface area contributed by atoms with Gasteiger partial charge in [-0.2, -0.15) is 0 Å². The summed E-state index contributed by atoms with van der Waals surface area (Å²) >= 11 is 5.93. The SMILES string of the molecule is CC1(C)CCC(NC2CC(c3ccc(Cl)cc3)C2)C1. The molecule has 1 aromatic rings. The molecule has 1 unspecified atom stereocenters. The molecule has 0 radical (unpaired) electrons. The molecule has 2 heteroatoms. The second-order valence-electron chi connectivity index (χ2n) is 7.19. The summed E-state index contributed by atoms with van der Waals surface area (Å²) in [6.07, 6.45) is 6.65. The van der Waals surface area contributed by atoms with Crippen molar-refractivity contribution >= 4 is 11.6 Å². The highest BCUT2D eigenvalue weighted by Gasteiger charge is 2.36. The molecule has 0 heterocycles. The number of benzene rings is 1. The van der Waals surface area contributed by atoms with E-state index < -0.39 is 0 Å². The minimum absolute atomic E-state index is 0.553. The molecule has 2 saturated carbocycles. The second-order valence-corrected chi connectivity index (χ2v) is 7.62. The predicted octanol–water partition coefficient (Wildman–Crippen LogP) is 4.75. The van der Waals surface area contributed by atoms with Crippen molar-refractivity contribution in [2.24, 2.45) is 5.41 Å². The van der Waals surface area contributed by atoms with Gasteiger partial charge in [0.2, 0.25) is 0 Å². The lowest BCUT2D eigenvalue weighted by Crippen LogP contribution is -2.44. The van der Waals surface area contributed by atoms with Crippen LogP contribution in [0, 0.1) is 5.41 Å². The van der Waals surface area contributed by atoms with Crippen LogP contribution in [-0.4, -0.2) is 12.1 Å². The number of hydrogen-bond donors (Lipinski definition) is 1. The molecule has 1 nitrogen and oxygen atoms in total. The second kappa shape index (κ2) is 5.10.